The molecule has 7 nitrogen and oxygen atoms in total. The molecular formula is C26H24FN5O2. The van der Waals surface area contributed by atoms with Gasteiger partial charge in [0.1, 0.15) is 17.6 Å². The molecule has 1 aliphatic rings. The summed E-state index contributed by atoms with van der Waals surface area (Å²) in [6.45, 7) is 1.39. The molecule has 34 heavy (non-hydrogen) atoms. The minimum Gasteiger partial charge on any atom is -0.339 e. The Morgan fingerprint density at radius 3 is 2.44 bits per heavy atom. The lowest BCUT2D eigenvalue weighted by Gasteiger charge is -2.36. The number of nitrogens with zero attached hydrogens (tertiary/aromatic N) is 4. The molecule has 172 valence electrons. The van der Waals surface area contributed by atoms with Crippen molar-refractivity contribution in [1.82, 2.24) is 20.0 Å². The number of carbonyl (C=O) groups excluding carboxylic acids is 1. The van der Waals surface area contributed by atoms with E-state index in [2.05, 4.69) is 25.3 Å². The summed E-state index contributed by atoms with van der Waals surface area (Å²) in [4.78, 5) is 24.3. The zero-order valence-corrected chi connectivity index (χ0v) is 18.5. The van der Waals surface area contributed by atoms with Gasteiger partial charge < -0.3 is 9.84 Å². The summed E-state index contributed by atoms with van der Waals surface area (Å²) >= 11 is 0. The van der Waals surface area contributed by atoms with Crippen LogP contribution in [0.1, 0.15) is 36.3 Å². The van der Waals surface area contributed by atoms with Crippen LogP contribution in [-0.4, -0.2) is 39.0 Å². The number of nitrogens with one attached hydrogen (secondary N) is 1. The number of anilines is 1. The molecule has 0 bridgehead atoms. The Morgan fingerprint density at radius 2 is 1.74 bits per heavy atom. The fourth-order valence-corrected chi connectivity index (χ4v) is 4.31. The number of rotatable bonds is 6. The van der Waals surface area contributed by atoms with Crippen molar-refractivity contribution < 1.29 is 13.7 Å². The van der Waals surface area contributed by atoms with Gasteiger partial charge in [-0.1, -0.05) is 41.6 Å². The number of hydrogen-bond donors (Lipinski definition) is 1. The van der Waals surface area contributed by atoms with Gasteiger partial charge in [0.25, 0.3) is 0 Å². The standard InChI is InChI=1S/C26H24FN5O2/c27-20-9-11-21(12-10-20)29-25(33)23(18-6-2-1-3-7-18)32-16-13-19(14-17-32)26-30-24(31-34-26)22-8-4-5-15-28-22/h1-12,15,19,23H,13-14,16-17H2,(H,29,33). The van der Waals surface area contributed by atoms with Crippen LogP contribution >= 0.6 is 0 Å². The number of amides is 1. The second kappa shape index (κ2) is 9.93. The molecule has 4 aromatic rings. The molecule has 1 unspecified atom stereocenters. The molecule has 5 rings (SSSR count). The predicted molar refractivity (Wildman–Crippen MR) is 125 cm³/mol. The molecule has 0 saturated carbocycles. The van der Waals surface area contributed by atoms with E-state index in [1.165, 1.54) is 12.1 Å². The van der Waals surface area contributed by atoms with Gasteiger partial charge in [-0.15, -0.1) is 0 Å². The normalized spacial score (nSPS) is 15.7. The molecule has 1 atom stereocenters. The second-order valence-corrected chi connectivity index (χ2v) is 8.29. The van der Waals surface area contributed by atoms with Gasteiger partial charge in [-0.3, -0.25) is 14.7 Å². The van der Waals surface area contributed by atoms with Crippen molar-refractivity contribution in [1.29, 1.82) is 0 Å². The van der Waals surface area contributed by atoms with Gasteiger partial charge >= 0.3 is 0 Å². The van der Waals surface area contributed by atoms with Crippen LogP contribution in [0.15, 0.2) is 83.5 Å². The third-order valence-electron chi connectivity index (χ3n) is 6.06. The topological polar surface area (TPSA) is 84.2 Å². The van der Waals surface area contributed by atoms with Crippen LogP contribution in [0.3, 0.4) is 0 Å². The number of carbonyl (C=O) groups is 1. The minimum absolute atomic E-state index is 0.123. The summed E-state index contributed by atoms with van der Waals surface area (Å²) < 4.78 is 18.8. The Kier molecular flexibility index (Phi) is 6.40. The largest absolute Gasteiger partial charge is 0.339 e. The average molecular weight is 458 g/mol. The van der Waals surface area contributed by atoms with Crippen LogP contribution in [0.5, 0.6) is 0 Å². The van der Waals surface area contributed by atoms with Crippen molar-refractivity contribution >= 4 is 11.6 Å². The summed E-state index contributed by atoms with van der Waals surface area (Å²) in [5.74, 6) is 0.724. The number of benzene rings is 2. The maximum Gasteiger partial charge on any atom is 0.246 e. The number of aromatic nitrogens is 3. The molecule has 8 heteroatoms. The van der Waals surface area contributed by atoms with Crippen molar-refractivity contribution in [3.05, 3.63) is 96.3 Å². The first-order valence-electron chi connectivity index (χ1n) is 11.3. The van der Waals surface area contributed by atoms with Gasteiger partial charge in [0.2, 0.25) is 17.6 Å². The van der Waals surface area contributed by atoms with E-state index in [9.17, 15) is 9.18 Å². The maximum absolute atomic E-state index is 13.3. The van der Waals surface area contributed by atoms with Gasteiger partial charge in [-0.05, 0) is 67.9 Å². The first kappa shape index (κ1) is 21.9. The third-order valence-corrected chi connectivity index (χ3v) is 6.06. The third kappa shape index (κ3) is 4.87. The highest BCUT2D eigenvalue weighted by molar-refractivity contribution is 5.95. The highest BCUT2D eigenvalue weighted by Crippen LogP contribution is 2.33. The summed E-state index contributed by atoms with van der Waals surface area (Å²) in [5.41, 5.74) is 2.16. The molecule has 1 saturated heterocycles. The summed E-state index contributed by atoms with van der Waals surface area (Å²) in [5, 5.41) is 7.03. The van der Waals surface area contributed by atoms with Crippen LogP contribution < -0.4 is 5.32 Å². The molecule has 1 N–H and O–H groups in total. The Balaban J connectivity index is 1.29. The molecule has 2 aromatic heterocycles. The molecule has 2 aromatic carbocycles. The fraction of sp³-hybridized carbons (Fsp3) is 0.231. The molecule has 0 spiro atoms. The van der Waals surface area contributed by atoms with Crippen molar-refractivity contribution in [2.75, 3.05) is 18.4 Å². The molecule has 1 fully saturated rings. The van der Waals surface area contributed by atoms with Crippen LogP contribution in [-0.2, 0) is 4.79 Å². The number of halogens is 1. The van der Waals surface area contributed by atoms with Crippen LogP contribution in [0.25, 0.3) is 11.5 Å². The zero-order valence-electron chi connectivity index (χ0n) is 18.5. The lowest BCUT2D eigenvalue weighted by Crippen LogP contribution is -2.41. The van der Waals surface area contributed by atoms with Gasteiger partial charge in [0, 0.05) is 17.8 Å². The van der Waals surface area contributed by atoms with Crippen LogP contribution in [0.4, 0.5) is 10.1 Å². The fourth-order valence-electron chi connectivity index (χ4n) is 4.31. The lowest BCUT2D eigenvalue weighted by molar-refractivity contribution is -0.122. The van der Waals surface area contributed by atoms with Crippen molar-refractivity contribution in [3.8, 4) is 11.5 Å². The highest BCUT2D eigenvalue weighted by Gasteiger charge is 2.33. The molecule has 0 radical (unpaired) electrons. The van der Waals surface area contributed by atoms with E-state index in [1.807, 2.05) is 48.5 Å². The van der Waals surface area contributed by atoms with E-state index in [0.717, 1.165) is 18.4 Å². The van der Waals surface area contributed by atoms with E-state index >= 15 is 0 Å². The Hall–Kier alpha value is -3.91. The average Bonchev–Trinajstić information content (AvgIpc) is 3.38. The molecule has 0 aliphatic carbocycles. The number of likely N-dealkylation sites (tertiary alicyclic amines) is 1. The zero-order chi connectivity index (χ0) is 23.3. The molecule has 1 aliphatic heterocycles. The molecule has 3 heterocycles. The van der Waals surface area contributed by atoms with Gasteiger partial charge in [0.05, 0.1) is 0 Å². The first-order chi connectivity index (χ1) is 16.7. The summed E-state index contributed by atoms with van der Waals surface area (Å²) in [6, 6.07) is 20.6. The minimum atomic E-state index is -0.459. The summed E-state index contributed by atoms with van der Waals surface area (Å²) in [6.07, 6.45) is 3.28. The Labute approximate surface area is 196 Å². The molecule has 1 amide bonds. The number of piperidine rings is 1. The second-order valence-electron chi connectivity index (χ2n) is 8.29. The SMILES string of the molecule is O=C(Nc1ccc(F)cc1)C(c1ccccc1)N1CCC(c2nc(-c3ccccn3)no2)CC1. The lowest BCUT2D eigenvalue weighted by atomic mass is 9.93. The maximum atomic E-state index is 13.3. The molecular weight excluding hydrogens is 433 g/mol. The van der Waals surface area contributed by atoms with Crippen molar-refractivity contribution in [2.24, 2.45) is 0 Å². The van der Waals surface area contributed by atoms with E-state index < -0.39 is 6.04 Å². The Morgan fingerprint density at radius 1 is 1.00 bits per heavy atom. The van der Waals surface area contributed by atoms with Crippen molar-refractivity contribution in [3.63, 3.8) is 0 Å². The van der Waals surface area contributed by atoms with Gasteiger partial charge in [-0.2, -0.15) is 4.98 Å². The van der Waals surface area contributed by atoms with Crippen molar-refractivity contribution in [2.45, 2.75) is 24.8 Å². The monoisotopic (exact) mass is 457 g/mol. The quantitative estimate of drug-likeness (QED) is 0.447. The van der Waals surface area contributed by atoms with Gasteiger partial charge in [-0.25, -0.2) is 4.39 Å². The highest BCUT2D eigenvalue weighted by atomic mass is 19.1. The number of pyridine rings is 1. The number of hydrogen-bond acceptors (Lipinski definition) is 6. The first-order valence-corrected chi connectivity index (χ1v) is 11.3. The van der Waals surface area contributed by atoms with Gasteiger partial charge in [0.15, 0.2) is 0 Å². The van der Waals surface area contributed by atoms with Crippen LogP contribution in [0, 0.1) is 5.82 Å². The van der Waals surface area contributed by atoms with Crippen LogP contribution in [0.2, 0.25) is 0 Å². The van der Waals surface area contributed by atoms with E-state index in [-0.39, 0.29) is 17.6 Å². The van der Waals surface area contributed by atoms with E-state index in [1.54, 1.807) is 18.3 Å². The predicted octanol–water partition coefficient (Wildman–Crippen LogP) is 4.83. The van der Waals surface area contributed by atoms with E-state index in [0.29, 0.717) is 36.2 Å². The van der Waals surface area contributed by atoms with E-state index in [4.69, 9.17) is 4.52 Å². The summed E-state index contributed by atoms with van der Waals surface area (Å²) in [7, 11) is 0. The Bertz CT molecular complexity index is 1220. The smallest absolute Gasteiger partial charge is 0.246 e.